The molecule has 1 heterocycles. The van der Waals surface area contributed by atoms with E-state index in [0.717, 1.165) is 35.9 Å². The molecule has 1 atom stereocenters. The molecule has 1 aromatic rings. The first-order valence-corrected chi connectivity index (χ1v) is 8.07. The maximum absolute atomic E-state index is 12.5. The van der Waals surface area contributed by atoms with Crippen molar-refractivity contribution in [1.82, 2.24) is 4.90 Å². The molecule has 1 amide bonds. The minimum absolute atomic E-state index is 0.0601. The van der Waals surface area contributed by atoms with Gasteiger partial charge in [0.15, 0.2) is 0 Å². The number of aromatic hydroxyl groups is 1. The molecule has 1 aliphatic rings. The number of likely N-dealkylation sites (tertiary alicyclic amines) is 1. The van der Waals surface area contributed by atoms with Gasteiger partial charge in [-0.2, -0.15) is 0 Å². The second kappa shape index (κ2) is 6.79. The third-order valence-corrected chi connectivity index (χ3v) is 4.40. The first-order valence-electron chi connectivity index (χ1n) is 6.45. The molecule has 2 rings (SSSR count). The zero-order valence-electron chi connectivity index (χ0n) is 10.6. The Bertz CT molecular complexity index is 465. The molecule has 0 aromatic heterocycles. The number of benzene rings is 1. The second-order valence-electron chi connectivity index (χ2n) is 4.90. The van der Waals surface area contributed by atoms with Crippen LogP contribution in [0.5, 0.6) is 5.75 Å². The van der Waals surface area contributed by atoms with Crippen LogP contribution < -0.4 is 0 Å². The lowest BCUT2D eigenvalue weighted by molar-refractivity contribution is 0.0668. The maximum Gasteiger partial charge on any atom is 0.257 e. The molecule has 104 valence electrons. The van der Waals surface area contributed by atoms with Gasteiger partial charge in [-0.05, 0) is 66.0 Å². The molecule has 0 radical (unpaired) electrons. The van der Waals surface area contributed by atoms with E-state index in [4.69, 9.17) is 11.6 Å². The Hall–Kier alpha value is -0.490. The number of piperidine rings is 1. The molecule has 0 spiro atoms. The zero-order valence-corrected chi connectivity index (χ0v) is 13.5. The van der Waals surface area contributed by atoms with Crippen LogP contribution >= 0.6 is 34.2 Å². The summed E-state index contributed by atoms with van der Waals surface area (Å²) in [5.74, 6) is 1.11. The second-order valence-corrected chi connectivity index (χ2v) is 6.52. The van der Waals surface area contributed by atoms with E-state index >= 15 is 0 Å². The van der Waals surface area contributed by atoms with Crippen LogP contribution in [-0.2, 0) is 0 Å². The van der Waals surface area contributed by atoms with Crippen molar-refractivity contribution in [2.45, 2.75) is 19.3 Å². The van der Waals surface area contributed by atoms with Crippen molar-refractivity contribution in [3.63, 3.8) is 0 Å². The number of halogens is 2. The van der Waals surface area contributed by atoms with E-state index in [1.165, 1.54) is 0 Å². The Morgan fingerprint density at radius 2 is 2.32 bits per heavy atom. The monoisotopic (exact) mass is 393 g/mol. The summed E-state index contributed by atoms with van der Waals surface area (Å²) in [6, 6.07) is 5.11. The lowest BCUT2D eigenvalue weighted by atomic mass is 9.95. The van der Waals surface area contributed by atoms with Gasteiger partial charge in [0, 0.05) is 22.5 Å². The van der Waals surface area contributed by atoms with Crippen LogP contribution in [0.15, 0.2) is 18.2 Å². The normalized spacial score (nSPS) is 19.5. The zero-order chi connectivity index (χ0) is 13.8. The molecule has 0 aliphatic carbocycles. The average molecular weight is 394 g/mol. The molecule has 19 heavy (non-hydrogen) atoms. The van der Waals surface area contributed by atoms with E-state index in [1.54, 1.807) is 18.2 Å². The summed E-state index contributed by atoms with van der Waals surface area (Å²) in [5, 5.41) is 9.83. The topological polar surface area (TPSA) is 40.5 Å². The molecule has 5 heteroatoms. The number of phenols is 1. The minimum Gasteiger partial charge on any atom is -0.507 e. The van der Waals surface area contributed by atoms with Crippen molar-refractivity contribution >= 4 is 40.1 Å². The fraction of sp³-hybridized carbons (Fsp3) is 0.500. The smallest absolute Gasteiger partial charge is 0.257 e. The number of rotatable bonds is 3. The summed E-state index contributed by atoms with van der Waals surface area (Å²) >= 11 is 7.93. The van der Waals surface area contributed by atoms with E-state index in [1.807, 2.05) is 4.90 Å². The molecule has 1 N–H and O–H groups in total. The van der Waals surface area contributed by atoms with Gasteiger partial charge in [-0.15, -0.1) is 11.6 Å². The third kappa shape index (κ3) is 3.75. The quantitative estimate of drug-likeness (QED) is 0.631. The first-order chi connectivity index (χ1) is 9.11. The number of hydrogen-bond acceptors (Lipinski definition) is 2. The molecule has 0 bridgehead atoms. The van der Waals surface area contributed by atoms with Crippen molar-refractivity contribution in [2.75, 3.05) is 19.0 Å². The van der Waals surface area contributed by atoms with Crippen molar-refractivity contribution < 1.29 is 9.90 Å². The highest BCUT2D eigenvalue weighted by molar-refractivity contribution is 14.1. The van der Waals surface area contributed by atoms with E-state index in [2.05, 4.69) is 22.6 Å². The lowest BCUT2D eigenvalue weighted by Gasteiger charge is -2.32. The first kappa shape index (κ1) is 14.9. The standard InChI is InChI=1S/C14H17ClINO2/c15-6-5-10-2-1-7-17(9-10)14(19)12-8-11(16)3-4-13(12)18/h3-4,8,10,18H,1-2,5-7,9H2. The van der Waals surface area contributed by atoms with Crippen LogP contribution in [0.25, 0.3) is 0 Å². The summed E-state index contributed by atoms with van der Waals surface area (Å²) < 4.78 is 0.952. The average Bonchev–Trinajstić information content (AvgIpc) is 2.41. The Balaban J connectivity index is 2.12. The van der Waals surface area contributed by atoms with Gasteiger partial charge in [0.05, 0.1) is 5.56 Å². The molecule has 1 unspecified atom stereocenters. The van der Waals surface area contributed by atoms with Gasteiger partial charge < -0.3 is 10.0 Å². The lowest BCUT2D eigenvalue weighted by Crippen LogP contribution is -2.40. The highest BCUT2D eigenvalue weighted by atomic mass is 127. The fourth-order valence-electron chi connectivity index (χ4n) is 2.49. The van der Waals surface area contributed by atoms with E-state index in [-0.39, 0.29) is 11.7 Å². The van der Waals surface area contributed by atoms with Crippen LogP contribution in [0.1, 0.15) is 29.6 Å². The number of amides is 1. The highest BCUT2D eigenvalue weighted by Gasteiger charge is 2.25. The number of nitrogens with zero attached hydrogens (tertiary/aromatic N) is 1. The van der Waals surface area contributed by atoms with Gasteiger partial charge in [-0.1, -0.05) is 0 Å². The predicted molar refractivity (Wildman–Crippen MR) is 84.8 cm³/mol. The van der Waals surface area contributed by atoms with Gasteiger partial charge in [-0.25, -0.2) is 0 Å². The van der Waals surface area contributed by atoms with Crippen molar-refractivity contribution in [2.24, 2.45) is 5.92 Å². The van der Waals surface area contributed by atoms with Crippen LogP contribution in [0.2, 0.25) is 0 Å². The molecule has 1 aromatic carbocycles. The Kier molecular flexibility index (Phi) is 5.33. The summed E-state index contributed by atoms with van der Waals surface area (Å²) in [4.78, 5) is 14.3. The van der Waals surface area contributed by atoms with E-state index in [0.29, 0.717) is 17.4 Å². The summed E-state index contributed by atoms with van der Waals surface area (Å²) in [6.07, 6.45) is 3.09. The molecule has 1 saturated heterocycles. The number of phenolic OH excluding ortho intramolecular Hbond substituents is 1. The van der Waals surface area contributed by atoms with Crippen LogP contribution in [0, 0.1) is 9.49 Å². The Morgan fingerprint density at radius 3 is 3.05 bits per heavy atom. The van der Waals surface area contributed by atoms with Crippen LogP contribution in [0.3, 0.4) is 0 Å². The van der Waals surface area contributed by atoms with Gasteiger partial charge in [0.25, 0.3) is 5.91 Å². The molecule has 0 saturated carbocycles. The minimum atomic E-state index is -0.0738. The summed E-state index contributed by atoms with van der Waals surface area (Å²) in [6.45, 7) is 1.51. The van der Waals surface area contributed by atoms with Crippen molar-refractivity contribution in [3.8, 4) is 5.75 Å². The largest absolute Gasteiger partial charge is 0.507 e. The number of alkyl halides is 1. The van der Waals surface area contributed by atoms with Crippen molar-refractivity contribution in [3.05, 3.63) is 27.3 Å². The Labute approximate surface area is 132 Å². The maximum atomic E-state index is 12.5. The summed E-state index contributed by atoms with van der Waals surface area (Å²) in [5.41, 5.74) is 0.401. The van der Waals surface area contributed by atoms with Gasteiger partial charge in [0.2, 0.25) is 0 Å². The molecular weight excluding hydrogens is 377 g/mol. The Morgan fingerprint density at radius 1 is 1.53 bits per heavy atom. The van der Waals surface area contributed by atoms with Gasteiger partial charge in [-0.3, -0.25) is 4.79 Å². The summed E-state index contributed by atoms with van der Waals surface area (Å²) in [7, 11) is 0. The third-order valence-electron chi connectivity index (χ3n) is 3.51. The fourth-order valence-corrected chi connectivity index (χ4v) is 3.29. The molecular formula is C14H17ClINO2. The molecule has 1 aliphatic heterocycles. The van der Waals surface area contributed by atoms with E-state index < -0.39 is 0 Å². The van der Waals surface area contributed by atoms with Gasteiger partial charge >= 0.3 is 0 Å². The number of carbonyl (C=O) groups excluding carboxylic acids is 1. The van der Waals surface area contributed by atoms with Crippen molar-refractivity contribution in [1.29, 1.82) is 0 Å². The van der Waals surface area contributed by atoms with Crippen LogP contribution in [0.4, 0.5) is 0 Å². The van der Waals surface area contributed by atoms with Gasteiger partial charge in [0.1, 0.15) is 5.75 Å². The number of carbonyl (C=O) groups is 1. The SMILES string of the molecule is O=C(c1cc(I)ccc1O)N1CCCC(CCCl)C1. The van der Waals surface area contributed by atoms with Crippen LogP contribution in [-0.4, -0.2) is 34.9 Å². The highest BCUT2D eigenvalue weighted by Crippen LogP contribution is 2.25. The molecule has 3 nitrogen and oxygen atoms in total. The van der Waals surface area contributed by atoms with E-state index in [9.17, 15) is 9.90 Å². The predicted octanol–water partition coefficient (Wildman–Crippen LogP) is 3.48. The number of hydrogen-bond donors (Lipinski definition) is 1. The molecule has 1 fully saturated rings.